The maximum Gasteiger partial charge on any atom is 0.295 e. The topological polar surface area (TPSA) is 66.8 Å². The van der Waals surface area contributed by atoms with Gasteiger partial charge in [-0.2, -0.15) is 0 Å². The average Bonchev–Trinajstić information content (AvgIpc) is 3.01. The largest absolute Gasteiger partial charge is 0.507 e. The molecule has 0 bridgehead atoms. The van der Waals surface area contributed by atoms with Gasteiger partial charge >= 0.3 is 0 Å². The quantitative estimate of drug-likeness (QED) is 0.364. The second-order valence-corrected chi connectivity index (χ2v) is 8.10. The molecular formula is C25H28FNO4. The maximum absolute atomic E-state index is 14.7. The van der Waals surface area contributed by atoms with Crippen molar-refractivity contribution in [1.82, 2.24) is 4.90 Å². The molecule has 0 aromatic heterocycles. The monoisotopic (exact) mass is 425 g/mol. The van der Waals surface area contributed by atoms with E-state index in [0.29, 0.717) is 36.8 Å². The van der Waals surface area contributed by atoms with Crippen molar-refractivity contribution in [2.45, 2.75) is 39.7 Å². The van der Waals surface area contributed by atoms with Crippen LogP contribution in [0.2, 0.25) is 0 Å². The van der Waals surface area contributed by atoms with Gasteiger partial charge in [-0.05, 0) is 30.5 Å². The zero-order chi connectivity index (χ0) is 22.5. The van der Waals surface area contributed by atoms with Gasteiger partial charge in [-0.25, -0.2) is 4.39 Å². The SMILES string of the molecule is CCCCN1C(=O)C(=O)/C(=C(\O)c2cccc(OCC(C)C)c2)C1c1ccccc1F. The third-order valence-electron chi connectivity index (χ3n) is 5.18. The van der Waals surface area contributed by atoms with Crippen LogP contribution < -0.4 is 4.74 Å². The third kappa shape index (κ3) is 4.79. The standard InChI is InChI=1S/C25H28FNO4/c1-4-5-13-27-22(19-11-6-7-12-20(19)26)21(24(29)25(27)30)23(28)17-9-8-10-18(14-17)31-15-16(2)3/h6-12,14,16,22,28H,4-5,13,15H2,1-3H3/b23-21-. The summed E-state index contributed by atoms with van der Waals surface area (Å²) >= 11 is 0. The Bertz CT molecular complexity index is 999. The van der Waals surface area contributed by atoms with Crippen LogP contribution in [0.15, 0.2) is 54.1 Å². The Balaban J connectivity index is 2.10. The van der Waals surface area contributed by atoms with Crippen LogP contribution in [0, 0.1) is 11.7 Å². The number of rotatable bonds is 8. The number of carbonyl (C=O) groups excluding carboxylic acids is 2. The summed E-state index contributed by atoms with van der Waals surface area (Å²) in [5.74, 6) is -1.54. The molecule has 6 heteroatoms. The van der Waals surface area contributed by atoms with Gasteiger partial charge < -0.3 is 14.7 Å². The summed E-state index contributed by atoms with van der Waals surface area (Å²) in [6, 6.07) is 11.8. The number of unbranched alkanes of at least 4 members (excludes halogenated alkanes) is 1. The van der Waals surface area contributed by atoms with E-state index in [-0.39, 0.29) is 16.9 Å². The molecular weight excluding hydrogens is 397 g/mol. The number of hydrogen-bond donors (Lipinski definition) is 1. The Labute approximate surface area is 182 Å². The molecule has 164 valence electrons. The molecule has 31 heavy (non-hydrogen) atoms. The summed E-state index contributed by atoms with van der Waals surface area (Å²) in [5, 5.41) is 11.1. The number of carbonyl (C=O) groups is 2. The number of halogens is 1. The summed E-state index contributed by atoms with van der Waals surface area (Å²) in [4.78, 5) is 27.1. The molecule has 1 saturated heterocycles. The zero-order valence-electron chi connectivity index (χ0n) is 18.1. The second-order valence-electron chi connectivity index (χ2n) is 8.10. The van der Waals surface area contributed by atoms with Gasteiger partial charge in [0.1, 0.15) is 17.3 Å². The van der Waals surface area contributed by atoms with Gasteiger partial charge in [0, 0.05) is 17.7 Å². The minimum Gasteiger partial charge on any atom is -0.507 e. The predicted octanol–water partition coefficient (Wildman–Crippen LogP) is 5.08. The van der Waals surface area contributed by atoms with Gasteiger partial charge in [0.15, 0.2) is 0 Å². The van der Waals surface area contributed by atoms with Crippen LogP contribution in [0.1, 0.15) is 50.8 Å². The number of amides is 1. The van der Waals surface area contributed by atoms with E-state index in [1.54, 1.807) is 42.5 Å². The fourth-order valence-corrected chi connectivity index (χ4v) is 3.61. The molecule has 0 saturated carbocycles. The van der Waals surface area contributed by atoms with E-state index in [2.05, 4.69) is 0 Å². The Kier molecular flexibility index (Phi) is 7.10. The summed E-state index contributed by atoms with van der Waals surface area (Å²) in [7, 11) is 0. The molecule has 5 nitrogen and oxygen atoms in total. The highest BCUT2D eigenvalue weighted by Gasteiger charge is 2.46. The van der Waals surface area contributed by atoms with E-state index < -0.39 is 23.5 Å². The lowest BCUT2D eigenvalue weighted by molar-refractivity contribution is -0.139. The van der Waals surface area contributed by atoms with Crippen LogP contribution in [0.4, 0.5) is 4.39 Å². The van der Waals surface area contributed by atoms with Gasteiger partial charge in [-0.3, -0.25) is 9.59 Å². The highest BCUT2D eigenvalue weighted by Crippen LogP contribution is 2.40. The van der Waals surface area contributed by atoms with Crippen LogP contribution in [0.25, 0.3) is 5.76 Å². The lowest BCUT2D eigenvalue weighted by Crippen LogP contribution is -2.31. The molecule has 1 atom stereocenters. The normalized spacial score (nSPS) is 18.1. The van der Waals surface area contributed by atoms with Crippen molar-refractivity contribution in [1.29, 1.82) is 0 Å². The van der Waals surface area contributed by atoms with Crippen molar-refractivity contribution in [2.24, 2.45) is 5.92 Å². The summed E-state index contributed by atoms with van der Waals surface area (Å²) < 4.78 is 20.4. The molecule has 0 radical (unpaired) electrons. The number of aliphatic hydroxyl groups is 1. The first kappa shape index (κ1) is 22.5. The first-order valence-corrected chi connectivity index (χ1v) is 10.6. The van der Waals surface area contributed by atoms with E-state index in [0.717, 1.165) is 6.42 Å². The minimum absolute atomic E-state index is 0.104. The van der Waals surface area contributed by atoms with Crippen LogP contribution in [-0.2, 0) is 9.59 Å². The Hall–Kier alpha value is -3.15. The van der Waals surface area contributed by atoms with Crippen molar-refractivity contribution in [3.05, 3.63) is 71.0 Å². The van der Waals surface area contributed by atoms with Gasteiger partial charge in [-0.1, -0.05) is 57.5 Å². The molecule has 1 N–H and O–H groups in total. The second kappa shape index (κ2) is 9.77. The molecule has 1 aliphatic rings. The van der Waals surface area contributed by atoms with Crippen LogP contribution >= 0.6 is 0 Å². The van der Waals surface area contributed by atoms with E-state index in [1.165, 1.54) is 11.0 Å². The van der Waals surface area contributed by atoms with E-state index in [9.17, 15) is 19.1 Å². The number of ketones is 1. The smallest absolute Gasteiger partial charge is 0.295 e. The molecule has 1 aliphatic heterocycles. The van der Waals surface area contributed by atoms with Crippen molar-refractivity contribution in [2.75, 3.05) is 13.2 Å². The highest BCUT2D eigenvalue weighted by atomic mass is 19.1. The number of Topliss-reactive ketones (excluding diaryl/α,β-unsaturated/α-hetero) is 1. The fraction of sp³-hybridized carbons (Fsp3) is 0.360. The molecule has 0 spiro atoms. The summed E-state index contributed by atoms with van der Waals surface area (Å²) in [5.41, 5.74) is 0.426. The van der Waals surface area contributed by atoms with E-state index in [4.69, 9.17) is 4.74 Å². The maximum atomic E-state index is 14.7. The lowest BCUT2D eigenvalue weighted by Gasteiger charge is -2.25. The number of hydrogen-bond acceptors (Lipinski definition) is 4. The van der Waals surface area contributed by atoms with Crippen molar-refractivity contribution in [3.63, 3.8) is 0 Å². The van der Waals surface area contributed by atoms with Crippen molar-refractivity contribution < 1.29 is 23.8 Å². The van der Waals surface area contributed by atoms with Gasteiger partial charge in [0.25, 0.3) is 11.7 Å². The van der Waals surface area contributed by atoms with Gasteiger partial charge in [0.2, 0.25) is 0 Å². The fourth-order valence-electron chi connectivity index (χ4n) is 3.61. The average molecular weight is 426 g/mol. The zero-order valence-corrected chi connectivity index (χ0v) is 18.1. The Morgan fingerprint density at radius 2 is 1.90 bits per heavy atom. The van der Waals surface area contributed by atoms with Crippen LogP contribution in [0.5, 0.6) is 5.75 Å². The minimum atomic E-state index is -0.979. The third-order valence-corrected chi connectivity index (χ3v) is 5.18. The molecule has 2 aromatic rings. The van der Waals surface area contributed by atoms with E-state index in [1.807, 2.05) is 20.8 Å². The predicted molar refractivity (Wildman–Crippen MR) is 117 cm³/mol. The van der Waals surface area contributed by atoms with Crippen LogP contribution in [-0.4, -0.2) is 34.8 Å². The number of aliphatic hydroxyl groups excluding tert-OH is 1. The number of nitrogens with zero attached hydrogens (tertiary/aromatic N) is 1. The van der Waals surface area contributed by atoms with Crippen molar-refractivity contribution in [3.8, 4) is 5.75 Å². The first-order chi connectivity index (χ1) is 14.8. The first-order valence-electron chi connectivity index (χ1n) is 10.6. The molecule has 1 heterocycles. The molecule has 0 aliphatic carbocycles. The molecule has 1 amide bonds. The Morgan fingerprint density at radius 3 is 2.58 bits per heavy atom. The van der Waals surface area contributed by atoms with E-state index >= 15 is 0 Å². The number of benzene rings is 2. The summed E-state index contributed by atoms with van der Waals surface area (Å²) in [6.07, 6.45) is 1.47. The van der Waals surface area contributed by atoms with Crippen LogP contribution in [0.3, 0.4) is 0 Å². The van der Waals surface area contributed by atoms with Crippen molar-refractivity contribution >= 4 is 17.4 Å². The molecule has 3 rings (SSSR count). The number of likely N-dealkylation sites (tertiary alicyclic amines) is 1. The molecule has 1 unspecified atom stereocenters. The Morgan fingerprint density at radius 1 is 1.16 bits per heavy atom. The molecule has 1 fully saturated rings. The number of ether oxygens (including phenoxy) is 1. The molecule has 2 aromatic carbocycles. The van der Waals surface area contributed by atoms with Gasteiger partial charge in [-0.15, -0.1) is 0 Å². The summed E-state index contributed by atoms with van der Waals surface area (Å²) in [6.45, 7) is 6.82. The van der Waals surface area contributed by atoms with Gasteiger partial charge in [0.05, 0.1) is 18.2 Å². The highest BCUT2D eigenvalue weighted by molar-refractivity contribution is 6.46. The lowest BCUT2D eigenvalue weighted by atomic mass is 9.95.